The van der Waals surface area contributed by atoms with E-state index in [4.69, 9.17) is 18.6 Å². The van der Waals surface area contributed by atoms with Crippen LogP contribution in [-0.4, -0.2) is 31.9 Å². The molecule has 158 valence electrons. The van der Waals surface area contributed by atoms with Crippen molar-refractivity contribution in [3.8, 4) is 17.2 Å². The first-order chi connectivity index (χ1) is 15.1. The van der Waals surface area contributed by atoms with Gasteiger partial charge in [0.25, 0.3) is 5.91 Å². The van der Waals surface area contributed by atoms with E-state index in [1.807, 2.05) is 36.4 Å². The maximum atomic E-state index is 11.8. The number of carbonyl (C=O) groups is 2. The minimum atomic E-state index is -0.692. The Bertz CT molecular complexity index is 1130. The number of aliphatic imine (C=N–C) groups is 1. The van der Waals surface area contributed by atoms with Gasteiger partial charge in [0, 0.05) is 11.0 Å². The highest BCUT2D eigenvalue weighted by molar-refractivity contribution is 7.99. The highest BCUT2D eigenvalue weighted by Gasteiger charge is 2.29. The van der Waals surface area contributed by atoms with Crippen molar-refractivity contribution < 1.29 is 28.2 Å². The number of furan rings is 1. The fraction of sp³-hybridized carbons (Fsp3) is 0.136. The molecule has 1 aliphatic heterocycles. The molecule has 2 aromatic carbocycles. The quantitative estimate of drug-likeness (QED) is 0.566. The zero-order valence-electron chi connectivity index (χ0n) is 16.7. The molecule has 0 unspecified atom stereocenters. The van der Waals surface area contributed by atoms with Gasteiger partial charge in [-0.05, 0) is 48.0 Å². The molecule has 0 saturated heterocycles. The number of hydrogen-bond donors (Lipinski definition) is 1. The van der Waals surface area contributed by atoms with E-state index in [0.717, 1.165) is 10.5 Å². The molecule has 0 spiro atoms. The van der Waals surface area contributed by atoms with Crippen LogP contribution in [0, 0.1) is 0 Å². The molecular weight excluding hydrogens is 420 g/mol. The first-order valence-corrected chi connectivity index (χ1v) is 10.0. The van der Waals surface area contributed by atoms with Crippen molar-refractivity contribution in [1.29, 1.82) is 0 Å². The fourth-order valence-electron chi connectivity index (χ4n) is 2.89. The molecule has 1 N–H and O–H groups in total. The van der Waals surface area contributed by atoms with Crippen LogP contribution in [0.15, 0.2) is 74.0 Å². The summed E-state index contributed by atoms with van der Waals surface area (Å²) in [7, 11) is 3.20. The Labute approximate surface area is 182 Å². The van der Waals surface area contributed by atoms with Gasteiger partial charge in [-0.2, -0.15) is 4.99 Å². The van der Waals surface area contributed by atoms with E-state index in [0.29, 0.717) is 28.8 Å². The second-order valence-electron chi connectivity index (χ2n) is 6.42. The molecule has 3 amide bonds. The Morgan fingerprint density at radius 3 is 2.29 bits per heavy atom. The Kier molecular flexibility index (Phi) is 5.94. The summed E-state index contributed by atoms with van der Waals surface area (Å²) < 4.78 is 21.8. The summed E-state index contributed by atoms with van der Waals surface area (Å²) >= 11 is 1.39. The minimum Gasteiger partial charge on any atom is -0.497 e. The number of benzene rings is 2. The maximum absolute atomic E-state index is 11.8. The molecule has 0 fully saturated rings. The topological polar surface area (TPSA) is 99.4 Å². The molecule has 0 aliphatic carbocycles. The van der Waals surface area contributed by atoms with Gasteiger partial charge >= 0.3 is 6.03 Å². The lowest BCUT2D eigenvalue weighted by molar-refractivity contribution is -0.113. The van der Waals surface area contributed by atoms with Gasteiger partial charge in [-0.15, -0.1) is 0 Å². The zero-order chi connectivity index (χ0) is 21.8. The van der Waals surface area contributed by atoms with Gasteiger partial charge in [0.15, 0.2) is 11.5 Å². The van der Waals surface area contributed by atoms with Crippen molar-refractivity contribution in [2.24, 2.45) is 4.99 Å². The van der Waals surface area contributed by atoms with E-state index < -0.39 is 11.9 Å². The normalized spacial score (nSPS) is 13.0. The lowest BCUT2D eigenvalue weighted by Crippen LogP contribution is -2.25. The summed E-state index contributed by atoms with van der Waals surface area (Å²) in [5.41, 5.74) is 0.897. The summed E-state index contributed by atoms with van der Waals surface area (Å²) in [5.74, 6) is 1.79. The van der Waals surface area contributed by atoms with Crippen molar-refractivity contribution in [2.45, 2.75) is 16.4 Å². The zero-order valence-corrected chi connectivity index (χ0v) is 17.5. The summed E-state index contributed by atoms with van der Waals surface area (Å²) in [6.07, 6.45) is 1.45. The van der Waals surface area contributed by atoms with Crippen LogP contribution in [0.5, 0.6) is 17.2 Å². The van der Waals surface area contributed by atoms with Crippen LogP contribution in [-0.2, 0) is 11.4 Å². The minimum absolute atomic E-state index is 0.0221. The number of imide groups is 1. The summed E-state index contributed by atoms with van der Waals surface area (Å²) in [6, 6.07) is 14.1. The second kappa shape index (κ2) is 8.97. The van der Waals surface area contributed by atoms with Crippen LogP contribution in [0.2, 0.25) is 0 Å². The van der Waals surface area contributed by atoms with E-state index >= 15 is 0 Å². The molecule has 2 heterocycles. The van der Waals surface area contributed by atoms with E-state index in [-0.39, 0.29) is 11.5 Å². The molecule has 4 rings (SSSR count). The van der Waals surface area contributed by atoms with E-state index in [2.05, 4.69) is 10.3 Å². The van der Waals surface area contributed by atoms with Gasteiger partial charge in [-0.3, -0.25) is 10.1 Å². The van der Waals surface area contributed by atoms with Crippen LogP contribution in [0.1, 0.15) is 11.3 Å². The molecule has 3 aromatic rings. The van der Waals surface area contributed by atoms with E-state index in [9.17, 15) is 9.59 Å². The van der Waals surface area contributed by atoms with Gasteiger partial charge in [0.1, 0.15) is 23.9 Å². The molecule has 0 bridgehead atoms. The Balaban J connectivity index is 1.42. The first kappa shape index (κ1) is 20.5. The standard InChI is InChI=1S/C22H18N2O6S/c1-27-15-9-13(10-16(11-15)28-2)12-30-14-3-5-17(6-4-14)31-18-7-8-29-20(18)19-21(25)24-22(26)23-19/h3-11H,12H2,1-2H3,(H,24,25,26). The molecule has 1 aromatic heterocycles. The van der Waals surface area contributed by atoms with Gasteiger partial charge in [-0.1, -0.05) is 11.8 Å². The van der Waals surface area contributed by atoms with Crippen molar-refractivity contribution in [3.05, 3.63) is 66.1 Å². The average Bonchev–Trinajstić information content (AvgIpc) is 3.37. The molecule has 9 heteroatoms. The molecule has 1 aliphatic rings. The smallest absolute Gasteiger partial charge is 0.348 e. The lowest BCUT2D eigenvalue weighted by Gasteiger charge is -2.10. The summed E-state index contributed by atoms with van der Waals surface area (Å²) in [5, 5.41) is 2.11. The SMILES string of the molecule is COc1cc(COc2ccc(Sc3ccoc3C3=NC(=O)NC3=O)cc2)cc(OC)c1. The predicted octanol–water partition coefficient (Wildman–Crippen LogP) is 4.07. The Hall–Kier alpha value is -3.72. The number of ether oxygens (including phenoxy) is 3. The Morgan fingerprint density at radius 2 is 1.68 bits per heavy atom. The van der Waals surface area contributed by atoms with Crippen molar-refractivity contribution >= 4 is 29.4 Å². The average molecular weight is 438 g/mol. The maximum Gasteiger partial charge on any atom is 0.348 e. The molecule has 0 atom stereocenters. The Morgan fingerprint density at radius 1 is 0.968 bits per heavy atom. The number of urea groups is 1. The number of rotatable bonds is 8. The number of amides is 3. The molecule has 8 nitrogen and oxygen atoms in total. The van der Waals surface area contributed by atoms with Gasteiger partial charge in [0.05, 0.1) is 25.4 Å². The van der Waals surface area contributed by atoms with Crippen molar-refractivity contribution in [1.82, 2.24) is 5.32 Å². The largest absolute Gasteiger partial charge is 0.497 e. The predicted molar refractivity (Wildman–Crippen MR) is 113 cm³/mol. The van der Waals surface area contributed by atoms with Crippen LogP contribution < -0.4 is 19.5 Å². The molecule has 0 saturated carbocycles. The van der Waals surface area contributed by atoms with Gasteiger partial charge in [0.2, 0.25) is 0 Å². The number of carbonyl (C=O) groups excluding carboxylic acids is 2. The van der Waals surface area contributed by atoms with E-state index in [1.165, 1.54) is 18.0 Å². The number of nitrogens with zero attached hydrogens (tertiary/aromatic N) is 1. The third-order valence-electron chi connectivity index (χ3n) is 4.36. The monoisotopic (exact) mass is 438 g/mol. The molecule has 31 heavy (non-hydrogen) atoms. The fourth-order valence-corrected chi connectivity index (χ4v) is 3.78. The van der Waals surface area contributed by atoms with Crippen LogP contribution >= 0.6 is 11.8 Å². The van der Waals surface area contributed by atoms with Crippen LogP contribution in [0.3, 0.4) is 0 Å². The number of nitrogens with one attached hydrogen (secondary N) is 1. The van der Waals surface area contributed by atoms with E-state index in [1.54, 1.807) is 26.4 Å². The van der Waals surface area contributed by atoms with Crippen LogP contribution in [0.25, 0.3) is 0 Å². The first-order valence-electron chi connectivity index (χ1n) is 9.20. The third kappa shape index (κ3) is 4.72. The van der Waals surface area contributed by atoms with Crippen molar-refractivity contribution in [2.75, 3.05) is 14.2 Å². The number of methoxy groups -OCH3 is 2. The summed E-state index contributed by atoms with van der Waals surface area (Å²) in [4.78, 5) is 28.4. The van der Waals surface area contributed by atoms with Crippen molar-refractivity contribution in [3.63, 3.8) is 0 Å². The highest BCUT2D eigenvalue weighted by Crippen LogP contribution is 2.33. The second-order valence-corrected chi connectivity index (χ2v) is 7.53. The summed E-state index contributed by atoms with van der Waals surface area (Å²) in [6.45, 7) is 0.356. The third-order valence-corrected chi connectivity index (χ3v) is 5.41. The van der Waals surface area contributed by atoms with Gasteiger partial charge < -0.3 is 18.6 Å². The van der Waals surface area contributed by atoms with Crippen LogP contribution in [0.4, 0.5) is 4.79 Å². The molecule has 0 radical (unpaired) electrons. The molecular formula is C22H18N2O6S. The number of hydrogen-bond acceptors (Lipinski definition) is 7. The van der Waals surface area contributed by atoms with Gasteiger partial charge in [-0.25, -0.2) is 4.79 Å². The highest BCUT2D eigenvalue weighted by atomic mass is 32.2. The lowest BCUT2D eigenvalue weighted by atomic mass is 10.2.